The first kappa shape index (κ1) is 9.05. The summed E-state index contributed by atoms with van der Waals surface area (Å²) < 4.78 is 0. The molecule has 0 radical (unpaired) electrons. The summed E-state index contributed by atoms with van der Waals surface area (Å²) in [5, 5.41) is 0. The third-order valence-corrected chi connectivity index (χ3v) is 3.29. The number of rotatable bonds is 3. The Kier molecular flexibility index (Phi) is 3.23. The molecular formula is C13H20. The number of hydrogen-bond acceptors (Lipinski definition) is 0. The van der Waals surface area contributed by atoms with Gasteiger partial charge in [-0.2, -0.15) is 0 Å². The molecule has 0 saturated heterocycles. The van der Waals surface area contributed by atoms with Crippen LogP contribution in [-0.4, -0.2) is 0 Å². The van der Waals surface area contributed by atoms with Crippen LogP contribution < -0.4 is 0 Å². The van der Waals surface area contributed by atoms with Crippen LogP contribution in [0, 0.1) is 0 Å². The lowest BCUT2D eigenvalue weighted by atomic mass is 9.94. The minimum Gasteiger partial charge on any atom is -0.0853 e. The Morgan fingerprint density at radius 3 is 1.92 bits per heavy atom. The summed E-state index contributed by atoms with van der Waals surface area (Å²) in [5.74, 6) is 0. The maximum atomic E-state index is 2.49. The van der Waals surface area contributed by atoms with Gasteiger partial charge in [0, 0.05) is 0 Å². The van der Waals surface area contributed by atoms with Crippen molar-refractivity contribution in [2.24, 2.45) is 0 Å². The van der Waals surface area contributed by atoms with Crippen molar-refractivity contribution >= 4 is 0 Å². The van der Waals surface area contributed by atoms with Crippen molar-refractivity contribution in [3.05, 3.63) is 23.3 Å². The van der Waals surface area contributed by atoms with E-state index in [0.29, 0.717) is 0 Å². The molecule has 0 unspecified atom stereocenters. The van der Waals surface area contributed by atoms with Crippen LogP contribution in [0.2, 0.25) is 0 Å². The molecular weight excluding hydrogens is 156 g/mol. The summed E-state index contributed by atoms with van der Waals surface area (Å²) in [7, 11) is 0. The minimum absolute atomic E-state index is 1.34. The molecule has 2 rings (SSSR count). The fraction of sp³-hybridized carbons (Fsp3) is 0.692. The zero-order valence-electron chi connectivity index (χ0n) is 8.52. The topological polar surface area (TPSA) is 0 Å². The van der Waals surface area contributed by atoms with Crippen LogP contribution in [-0.2, 0) is 0 Å². The van der Waals surface area contributed by atoms with Gasteiger partial charge in [0.15, 0.2) is 0 Å². The molecule has 2 aliphatic carbocycles. The molecule has 72 valence electrons. The number of allylic oxidation sites excluding steroid dienone is 4. The van der Waals surface area contributed by atoms with Crippen LogP contribution in [0.15, 0.2) is 23.3 Å². The summed E-state index contributed by atoms with van der Waals surface area (Å²) in [6.45, 7) is 0. The Hall–Kier alpha value is -0.520. The zero-order valence-corrected chi connectivity index (χ0v) is 8.52. The number of hydrogen-bond donors (Lipinski definition) is 0. The lowest BCUT2D eigenvalue weighted by Gasteiger charge is -2.12. The van der Waals surface area contributed by atoms with Gasteiger partial charge in [0.25, 0.3) is 0 Å². The molecule has 0 spiro atoms. The van der Waals surface area contributed by atoms with E-state index in [1.165, 1.54) is 57.8 Å². The highest BCUT2D eigenvalue weighted by molar-refractivity contribution is 5.12. The van der Waals surface area contributed by atoms with Crippen molar-refractivity contribution in [3.63, 3.8) is 0 Å². The van der Waals surface area contributed by atoms with Crippen LogP contribution in [0.25, 0.3) is 0 Å². The van der Waals surface area contributed by atoms with E-state index < -0.39 is 0 Å². The standard InChI is InChI=1S/C13H20/c1-2-6-12(7-3-1)10-11-13-8-4-5-9-13/h6,8H,1-5,7,9-11H2. The first-order valence-electron chi connectivity index (χ1n) is 5.81. The Morgan fingerprint density at radius 2 is 1.38 bits per heavy atom. The van der Waals surface area contributed by atoms with Gasteiger partial charge in [0.2, 0.25) is 0 Å². The lowest BCUT2D eigenvalue weighted by molar-refractivity contribution is 0.670. The fourth-order valence-corrected chi connectivity index (χ4v) is 2.42. The second kappa shape index (κ2) is 4.64. The molecule has 13 heavy (non-hydrogen) atoms. The van der Waals surface area contributed by atoms with Gasteiger partial charge >= 0.3 is 0 Å². The molecule has 0 N–H and O–H groups in total. The average molecular weight is 176 g/mol. The van der Waals surface area contributed by atoms with E-state index in [0.717, 1.165) is 0 Å². The smallest absolute Gasteiger partial charge is 0.0283 e. The lowest BCUT2D eigenvalue weighted by Crippen LogP contribution is -1.92. The molecule has 0 atom stereocenters. The van der Waals surface area contributed by atoms with Crippen molar-refractivity contribution in [1.29, 1.82) is 0 Å². The largest absolute Gasteiger partial charge is 0.0853 e. The monoisotopic (exact) mass is 176 g/mol. The summed E-state index contributed by atoms with van der Waals surface area (Å²) in [5.41, 5.74) is 3.46. The van der Waals surface area contributed by atoms with E-state index in [2.05, 4.69) is 12.2 Å². The molecule has 0 bridgehead atoms. The van der Waals surface area contributed by atoms with E-state index in [1.54, 1.807) is 11.1 Å². The Labute approximate surface area is 81.7 Å². The summed E-state index contributed by atoms with van der Waals surface area (Å²) in [6, 6.07) is 0. The van der Waals surface area contributed by atoms with Crippen molar-refractivity contribution in [1.82, 2.24) is 0 Å². The van der Waals surface area contributed by atoms with Gasteiger partial charge in [0.1, 0.15) is 0 Å². The van der Waals surface area contributed by atoms with E-state index in [1.807, 2.05) is 0 Å². The average Bonchev–Trinajstić information content (AvgIpc) is 2.69. The van der Waals surface area contributed by atoms with Crippen molar-refractivity contribution in [3.8, 4) is 0 Å². The van der Waals surface area contributed by atoms with Crippen LogP contribution in [0.4, 0.5) is 0 Å². The molecule has 0 aliphatic heterocycles. The molecule has 0 aromatic rings. The molecule has 0 heterocycles. The molecule has 0 heteroatoms. The minimum atomic E-state index is 1.34. The van der Waals surface area contributed by atoms with E-state index in [-0.39, 0.29) is 0 Å². The third kappa shape index (κ3) is 2.72. The van der Waals surface area contributed by atoms with Gasteiger partial charge in [0.05, 0.1) is 0 Å². The molecule has 0 nitrogen and oxygen atoms in total. The molecule has 0 aromatic heterocycles. The van der Waals surface area contributed by atoms with Gasteiger partial charge in [-0.15, -0.1) is 0 Å². The van der Waals surface area contributed by atoms with Crippen molar-refractivity contribution in [2.75, 3.05) is 0 Å². The highest BCUT2D eigenvalue weighted by Crippen LogP contribution is 2.27. The molecule has 0 amide bonds. The van der Waals surface area contributed by atoms with Crippen LogP contribution >= 0.6 is 0 Å². The van der Waals surface area contributed by atoms with E-state index >= 15 is 0 Å². The predicted molar refractivity (Wildman–Crippen MR) is 57.7 cm³/mol. The van der Waals surface area contributed by atoms with Gasteiger partial charge in [-0.3, -0.25) is 0 Å². The molecule has 0 saturated carbocycles. The normalized spacial score (nSPS) is 22.8. The maximum absolute atomic E-state index is 2.49. The Bertz CT molecular complexity index is 220. The maximum Gasteiger partial charge on any atom is -0.0283 e. The van der Waals surface area contributed by atoms with Gasteiger partial charge < -0.3 is 0 Å². The van der Waals surface area contributed by atoms with Crippen LogP contribution in [0.3, 0.4) is 0 Å². The first-order chi connectivity index (χ1) is 6.45. The SMILES string of the molecule is C1=C(CCC2=CCCCC2)CCC1. The van der Waals surface area contributed by atoms with Crippen molar-refractivity contribution < 1.29 is 0 Å². The Balaban J connectivity index is 1.74. The highest BCUT2D eigenvalue weighted by atomic mass is 14.1. The highest BCUT2D eigenvalue weighted by Gasteiger charge is 2.07. The predicted octanol–water partition coefficient (Wildman–Crippen LogP) is 4.38. The van der Waals surface area contributed by atoms with Crippen LogP contribution in [0.1, 0.15) is 57.8 Å². The quantitative estimate of drug-likeness (QED) is 0.560. The second-order valence-electron chi connectivity index (χ2n) is 4.36. The van der Waals surface area contributed by atoms with Gasteiger partial charge in [-0.05, 0) is 57.8 Å². The summed E-state index contributed by atoms with van der Waals surface area (Å²) in [6.07, 6.45) is 17.4. The van der Waals surface area contributed by atoms with Crippen LogP contribution in [0.5, 0.6) is 0 Å². The second-order valence-corrected chi connectivity index (χ2v) is 4.36. The van der Waals surface area contributed by atoms with E-state index in [9.17, 15) is 0 Å². The molecule has 0 fully saturated rings. The van der Waals surface area contributed by atoms with Crippen molar-refractivity contribution in [2.45, 2.75) is 57.8 Å². The molecule has 2 aliphatic rings. The summed E-state index contributed by atoms with van der Waals surface area (Å²) in [4.78, 5) is 0. The zero-order chi connectivity index (χ0) is 8.93. The first-order valence-corrected chi connectivity index (χ1v) is 5.81. The third-order valence-electron chi connectivity index (χ3n) is 3.29. The van der Waals surface area contributed by atoms with Gasteiger partial charge in [-0.1, -0.05) is 23.3 Å². The summed E-state index contributed by atoms with van der Waals surface area (Å²) >= 11 is 0. The van der Waals surface area contributed by atoms with Gasteiger partial charge in [-0.25, -0.2) is 0 Å². The van der Waals surface area contributed by atoms with E-state index in [4.69, 9.17) is 0 Å². The molecule has 0 aromatic carbocycles. The fourth-order valence-electron chi connectivity index (χ4n) is 2.42. The Morgan fingerprint density at radius 1 is 0.769 bits per heavy atom.